The number of amides is 1. The molecular formula is C17H19NO4. The first-order chi connectivity index (χ1) is 10.8. The Labute approximate surface area is 129 Å². The van der Waals surface area contributed by atoms with Crippen molar-refractivity contribution < 1.29 is 19.0 Å². The normalized spacial score (nSPS) is 10.0. The first kappa shape index (κ1) is 15.9. The molecule has 0 fully saturated rings. The van der Waals surface area contributed by atoms with E-state index in [1.807, 2.05) is 30.3 Å². The van der Waals surface area contributed by atoms with E-state index in [1.165, 1.54) is 0 Å². The van der Waals surface area contributed by atoms with Crippen LogP contribution >= 0.6 is 0 Å². The number of para-hydroxylation sites is 3. The molecule has 2 aromatic carbocycles. The summed E-state index contributed by atoms with van der Waals surface area (Å²) in [5.74, 6) is 1.02. The van der Waals surface area contributed by atoms with Crippen LogP contribution in [-0.2, 0) is 9.53 Å². The Bertz CT molecular complexity index is 586. The Morgan fingerprint density at radius 1 is 0.955 bits per heavy atom. The molecule has 2 rings (SSSR count). The van der Waals surface area contributed by atoms with Crippen LogP contribution in [0.2, 0.25) is 0 Å². The fraction of sp³-hybridized carbons (Fsp3) is 0.235. The summed E-state index contributed by atoms with van der Waals surface area (Å²) in [6.45, 7) is 0.847. The molecule has 0 aliphatic carbocycles. The van der Waals surface area contributed by atoms with Crippen LogP contribution in [0.1, 0.15) is 0 Å². The van der Waals surface area contributed by atoms with Gasteiger partial charge in [-0.3, -0.25) is 4.79 Å². The van der Waals surface area contributed by atoms with Crippen molar-refractivity contribution in [3.8, 4) is 11.5 Å². The van der Waals surface area contributed by atoms with Gasteiger partial charge in [0.1, 0.15) is 18.1 Å². The molecule has 116 valence electrons. The van der Waals surface area contributed by atoms with E-state index in [2.05, 4.69) is 5.32 Å². The van der Waals surface area contributed by atoms with Gasteiger partial charge in [-0.2, -0.15) is 0 Å². The number of anilines is 1. The first-order valence-electron chi connectivity index (χ1n) is 6.98. The average Bonchev–Trinajstić information content (AvgIpc) is 2.56. The molecule has 1 amide bonds. The molecule has 0 aliphatic heterocycles. The molecule has 0 saturated heterocycles. The fourth-order valence-electron chi connectivity index (χ4n) is 1.78. The number of carbonyl (C=O) groups is 1. The van der Waals surface area contributed by atoms with Crippen LogP contribution < -0.4 is 14.8 Å². The third-order valence-corrected chi connectivity index (χ3v) is 2.82. The fourth-order valence-corrected chi connectivity index (χ4v) is 1.78. The van der Waals surface area contributed by atoms with Crippen LogP contribution in [0.4, 0.5) is 5.69 Å². The molecule has 0 spiro atoms. The number of rotatable bonds is 8. The van der Waals surface area contributed by atoms with Gasteiger partial charge in [-0.15, -0.1) is 0 Å². The predicted octanol–water partition coefficient (Wildman–Crippen LogP) is 2.73. The second-order valence-corrected chi connectivity index (χ2v) is 4.49. The maximum absolute atomic E-state index is 12.0. The molecule has 5 nitrogen and oxygen atoms in total. The third-order valence-electron chi connectivity index (χ3n) is 2.82. The molecule has 1 N–H and O–H groups in total. The van der Waals surface area contributed by atoms with Gasteiger partial charge in [0.15, 0.2) is 6.61 Å². The number of hydrogen-bond donors (Lipinski definition) is 1. The van der Waals surface area contributed by atoms with E-state index < -0.39 is 0 Å². The van der Waals surface area contributed by atoms with Gasteiger partial charge in [0.25, 0.3) is 5.91 Å². The Kier molecular flexibility index (Phi) is 6.26. The van der Waals surface area contributed by atoms with Gasteiger partial charge >= 0.3 is 0 Å². The highest BCUT2D eigenvalue weighted by molar-refractivity contribution is 5.93. The number of hydrogen-bond acceptors (Lipinski definition) is 4. The van der Waals surface area contributed by atoms with Gasteiger partial charge in [-0.05, 0) is 24.3 Å². The second kappa shape index (κ2) is 8.69. The molecule has 2 aromatic rings. The topological polar surface area (TPSA) is 56.8 Å². The second-order valence-electron chi connectivity index (χ2n) is 4.49. The lowest BCUT2D eigenvalue weighted by atomic mass is 10.3. The van der Waals surface area contributed by atoms with Crippen LogP contribution in [0, 0.1) is 0 Å². The lowest BCUT2D eigenvalue weighted by molar-refractivity contribution is -0.118. The Morgan fingerprint density at radius 2 is 1.68 bits per heavy atom. The van der Waals surface area contributed by atoms with Crippen molar-refractivity contribution in [1.82, 2.24) is 0 Å². The summed E-state index contributed by atoms with van der Waals surface area (Å²) in [5, 5.41) is 2.78. The van der Waals surface area contributed by atoms with Crippen molar-refractivity contribution in [1.29, 1.82) is 0 Å². The van der Waals surface area contributed by atoms with E-state index in [0.717, 1.165) is 0 Å². The molecule has 0 saturated carbocycles. The zero-order valence-electron chi connectivity index (χ0n) is 12.5. The predicted molar refractivity (Wildman–Crippen MR) is 84.4 cm³/mol. The van der Waals surface area contributed by atoms with Crippen molar-refractivity contribution in [2.75, 3.05) is 32.2 Å². The molecule has 0 radical (unpaired) electrons. The van der Waals surface area contributed by atoms with E-state index in [0.29, 0.717) is 30.4 Å². The number of nitrogens with one attached hydrogen (secondary N) is 1. The summed E-state index contributed by atoms with van der Waals surface area (Å²) in [5.41, 5.74) is 0.611. The summed E-state index contributed by atoms with van der Waals surface area (Å²) in [6, 6.07) is 16.4. The molecule has 0 bridgehead atoms. The molecule has 0 atom stereocenters. The van der Waals surface area contributed by atoms with Crippen LogP contribution in [0.15, 0.2) is 54.6 Å². The monoisotopic (exact) mass is 301 g/mol. The largest absolute Gasteiger partial charge is 0.489 e. The summed E-state index contributed by atoms with van der Waals surface area (Å²) in [4.78, 5) is 12.0. The zero-order chi connectivity index (χ0) is 15.6. The lowest BCUT2D eigenvalue weighted by Gasteiger charge is -2.12. The maximum atomic E-state index is 12.0. The van der Waals surface area contributed by atoms with Crippen molar-refractivity contribution in [2.45, 2.75) is 0 Å². The van der Waals surface area contributed by atoms with E-state index >= 15 is 0 Å². The summed E-state index contributed by atoms with van der Waals surface area (Å²) < 4.78 is 15.9. The van der Waals surface area contributed by atoms with Gasteiger partial charge in [0.05, 0.1) is 12.3 Å². The minimum absolute atomic E-state index is 0.0591. The molecule has 22 heavy (non-hydrogen) atoms. The van der Waals surface area contributed by atoms with Crippen molar-refractivity contribution >= 4 is 11.6 Å². The van der Waals surface area contributed by atoms with E-state index in [-0.39, 0.29) is 12.5 Å². The van der Waals surface area contributed by atoms with Crippen LogP contribution in [-0.4, -0.2) is 32.8 Å². The Morgan fingerprint density at radius 3 is 2.45 bits per heavy atom. The van der Waals surface area contributed by atoms with E-state index in [9.17, 15) is 4.79 Å². The van der Waals surface area contributed by atoms with Gasteiger partial charge in [-0.25, -0.2) is 0 Å². The number of carbonyl (C=O) groups excluding carboxylic acids is 1. The Balaban J connectivity index is 1.88. The summed E-state index contributed by atoms with van der Waals surface area (Å²) in [7, 11) is 1.61. The molecule has 0 unspecified atom stereocenters. The number of methoxy groups -OCH3 is 1. The molecule has 5 heteroatoms. The quantitative estimate of drug-likeness (QED) is 0.762. The van der Waals surface area contributed by atoms with Crippen LogP contribution in [0.3, 0.4) is 0 Å². The van der Waals surface area contributed by atoms with E-state index in [1.54, 1.807) is 31.4 Å². The molecule has 0 aliphatic rings. The van der Waals surface area contributed by atoms with Crippen LogP contribution in [0.5, 0.6) is 11.5 Å². The average molecular weight is 301 g/mol. The highest BCUT2D eigenvalue weighted by Crippen LogP contribution is 2.23. The van der Waals surface area contributed by atoms with Gasteiger partial charge in [0.2, 0.25) is 0 Å². The molecule has 0 heterocycles. The van der Waals surface area contributed by atoms with E-state index in [4.69, 9.17) is 14.2 Å². The van der Waals surface area contributed by atoms with Crippen molar-refractivity contribution in [2.24, 2.45) is 0 Å². The zero-order valence-corrected chi connectivity index (χ0v) is 12.5. The van der Waals surface area contributed by atoms with Gasteiger partial charge in [-0.1, -0.05) is 30.3 Å². The first-order valence-corrected chi connectivity index (χ1v) is 6.98. The third kappa shape index (κ3) is 5.10. The van der Waals surface area contributed by atoms with Crippen LogP contribution in [0.25, 0.3) is 0 Å². The molecule has 0 aromatic heterocycles. The maximum Gasteiger partial charge on any atom is 0.262 e. The smallest absolute Gasteiger partial charge is 0.262 e. The standard InChI is InChI=1S/C17H19NO4/c1-20-11-12-21-16-10-6-5-9-15(16)18-17(19)13-22-14-7-3-2-4-8-14/h2-10H,11-13H2,1H3,(H,18,19). The number of ether oxygens (including phenoxy) is 3. The minimum Gasteiger partial charge on any atom is -0.489 e. The highest BCUT2D eigenvalue weighted by atomic mass is 16.5. The highest BCUT2D eigenvalue weighted by Gasteiger charge is 2.08. The van der Waals surface area contributed by atoms with Crippen molar-refractivity contribution in [3.05, 3.63) is 54.6 Å². The summed E-state index contributed by atoms with van der Waals surface area (Å²) in [6.07, 6.45) is 0. The van der Waals surface area contributed by atoms with Gasteiger partial charge in [0, 0.05) is 7.11 Å². The van der Waals surface area contributed by atoms with Crippen molar-refractivity contribution in [3.63, 3.8) is 0 Å². The summed E-state index contributed by atoms with van der Waals surface area (Å²) >= 11 is 0. The minimum atomic E-state index is -0.244. The van der Waals surface area contributed by atoms with Gasteiger partial charge < -0.3 is 19.5 Å². The Hall–Kier alpha value is -2.53. The lowest BCUT2D eigenvalue weighted by Crippen LogP contribution is -2.20. The molecular weight excluding hydrogens is 282 g/mol. The number of benzene rings is 2. The SMILES string of the molecule is COCCOc1ccccc1NC(=O)COc1ccccc1.